The zero-order valence-corrected chi connectivity index (χ0v) is 13.9. The van der Waals surface area contributed by atoms with Crippen LogP contribution in [0.4, 0.5) is 4.79 Å². The van der Waals surface area contributed by atoms with Gasteiger partial charge in [0.2, 0.25) is 0 Å². The molecular formula is C16H15NO6S. The van der Waals surface area contributed by atoms with Gasteiger partial charge in [-0.3, -0.25) is 19.3 Å². The Balaban J connectivity index is 2.13. The fraction of sp³-hybridized carbons (Fsp3) is 0.250. The Hall–Kier alpha value is -2.61. The predicted molar refractivity (Wildman–Crippen MR) is 87.1 cm³/mol. The average molecular weight is 349 g/mol. The summed E-state index contributed by atoms with van der Waals surface area (Å²) in [6, 6.07) is 6.37. The molecule has 126 valence electrons. The molecule has 1 aliphatic heterocycles. The summed E-state index contributed by atoms with van der Waals surface area (Å²) in [5.41, 5.74) is 1.02. The van der Waals surface area contributed by atoms with Crippen molar-refractivity contribution in [1.82, 2.24) is 4.90 Å². The average Bonchev–Trinajstić information content (AvgIpc) is 2.82. The van der Waals surface area contributed by atoms with E-state index in [1.54, 1.807) is 31.2 Å². The molecule has 0 radical (unpaired) electrons. The highest BCUT2D eigenvalue weighted by Crippen LogP contribution is 2.32. The summed E-state index contributed by atoms with van der Waals surface area (Å²) in [4.78, 5) is 47.9. The standard InChI is InChI=1S/C16H15NO6S/c1-3-23-13(18)9-17-14(19)12(24-16(17)21)8-10-4-6-11(7-5-10)15(20)22-2/h4-8H,3,9H2,1-2H3/b12-8+. The molecule has 1 aliphatic rings. The normalized spacial score (nSPS) is 15.8. The lowest BCUT2D eigenvalue weighted by Crippen LogP contribution is -2.34. The number of esters is 2. The Morgan fingerprint density at radius 1 is 1.21 bits per heavy atom. The molecule has 1 fully saturated rings. The Labute approximate surface area is 142 Å². The van der Waals surface area contributed by atoms with Crippen LogP contribution in [0.5, 0.6) is 0 Å². The molecule has 0 spiro atoms. The number of thioether (sulfide) groups is 1. The number of hydrogen-bond acceptors (Lipinski definition) is 7. The highest BCUT2D eigenvalue weighted by Gasteiger charge is 2.36. The Morgan fingerprint density at radius 3 is 2.46 bits per heavy atom. The van der Waals surface area contributed by atoms with E-state index >= 15 is 0 Å². The zero-order valence-electron chi connectivity index (χ0n) is 13.1. The third-order valence-corrected chi connectivity index (χ3v) is 4.00. The molecule has 1 saturated heterocycles. The lowest BCUT2D eigenvalue weighted by Gasteiger charge is -2.10. The Bertz CT molecular complexity index is 710. The van der Waals surface area contributed by atoms with Gasteiger partial charge in [-0.15, -0.1) is 0 Å². The molecule has 0 atom stereocenters. The van der Waals surface area contributed by atoms with E-state index < -0.39 is 29.6 Å². The van der Waals surface area contributed by atoms with Gasteiger partial charge in [-0.05, 0) is 42.5 Å². The first kappa shape index (κ1) is 17.7. The maximum Gasteiger partial charge on any atom is 0.337 e. The second-order valence-corrected chi connectivity index (χ2v) is 5.68. The summed E-state index contributed by atoms with van der Waals surface area (Å²) in [6.07, 6.45) is 1.52. The molecule has 2 rings (SSSR count). The van der Waals surface area contributed by atoms with Crippen molar-refractivity contribution >= 4 is 40.9 Å². The van der Waals surface area contributed by atoms with Crippen molar-refractivity contribution in [2.75, 3.05) is 20.3 Å². The molecule has 1 aromatic carbocycles. The molecule has 0 aromatic heterocycles. The SMILES string of the molecule is CCOC(=O)CN1C(=O)S/C(=C/c2ccc(C(=O)OC)cc2)C1=O. The summed E-state index contributed by atoms with van der Waals surface area (Å²) in [6.45, 7) is 1.41. The van der Waals surface area contributed by atoms with E-state index in [2.05, 4.69) is 4.74 Å². The van der Waals surface area contributed by atoms with Crippen LogP contribution in [0.3, 0.4) is 0 Å². The minimum absolute atomic E-state index is 0.178. The van der Waals surface area contributed by atoms with Crippen molar-refractivity contribution in [2.24, 2.45) is 0 Å². The molecule has 0 bridgehead atoms. The van der Waals surface area contributed by atoms with Gasteiger partial charge in [0.15, 0.2) is 0 Å². The van der Waals surface area contributed by atoms with Crippen LogP contribution < -0.4 is 0 Å². The zero-order chi connectivity index (χ0) is 17.7. The van der Waals surface area contributed by atoms with Crippen molar-refractivity contribution in [3.63, 3.8) is 0 Å². The molecule has 8 heteroatoms. The molecule has 0 saturated carbocycles. The maximum absolute atomic E-state index is 12.2. The summed E-state index contributed by atoms with van der Waals surface area (Å²) in [5.74, 6) is -1.64. The van der Waals surface area contributed by atoms with Crippen LogP contribution in [0, 0.1) is 0 Å². The number of imide groups is 1. The van der Waals surface area contributed by atoms with Crippen LogP contribution in [0.2, 0.25) is 0 Å². The number of carbonyl (C=O) groups excluding carboxylic acids is 4. The largest absolute Gasteiger partial charge is 0.465 e. The highest BCUT2D eigenvalue weighted by atomic mass is 32.2. The minimum atomic E-state index is -0.636. The fourth-order valence-electron chi connectivity index (χ4n) is 1.96. The van der Waals surface area contributed by atoms with E-state index in [0.717, 1.165) is 16.7 Å². The van der Waals surface area contributed by atoms with Gasteiger partial charge in [0, 0.05) is 0 Å². The molecule has 24 heavy (non-hydrogen) atoms. The molecular weight excluding hydrogens is 334 g/mol. The second kappa shape index (κ2) is 7.78. The van der Waals surface area contributed by atoms with Gasteiger partial charge in [0.25, 0.3) is 11.1 Å². The topological polar surface area (TPSA) is 90.0 Å². The first-order chi connectivity index (χ1) is 11.5. The van der Waals surface area contributed by atoms with Gasteiger partial charge in [-0.25, -0.2) is 4.79 Å². The van der Waals surface area contributed by atoms with E-state index in [0.29, 0.717) is 11.1 Å². The van der Waals surface area contributed by atoms with Crippen molar-refractivity contribution < 1.29 is 28.7 Å². The maximum atomic E-state index is 12.2. The molecule has 1 aromatic rings. The van der Waals surface area contributed by atoms with Crippen LogP contribution >= 0.6 is 11.8 Å². The molecule has 0 N–H and O–H groups in total. The smallest absolute Gasteiger partial charge is 0.337 e. The van der Waals surface area contributed by atoms with Gasteiger partial charge >= 0.3 is 11.9 Å². The van der Waals surface area contributed by atoms with Crippen molar-refractivity contribution in [1.29, 1.82) is 0 Å². The van der Waals surface area contributed by atoms with Crippen LogP contribution in [-0.4, -0.2) is 48.2 Å². The lowest BCUT2D eigenvalue weighted by molar-refractivity contribution is -0.145. The molecule has 0 unspecified atom stereocenters. The van der Waals surface area contributed by atoms with Crippen molar-refractivity contribution in [2.45, 2.75) is 6.92 Å². The summed E-state index contributed by atoms with van der Waals surface area (Å²) >= 11 is 0.751. The van der Waals surface area contributed by atoms with E-state index in [4.69, 9.17) is 4.74 Å². The van der Waals surface area contributed by atoms with Crippen molar-refractivity contribution in [3.05, 3.63) is 40.3 Å². The molecule has 0 aliphatic carbocycles. The number of amides is 2. The van der Waals surface area contributed by atoms with Gasteiger partial charge in [0.05, 0.1) is 24.2 Å². The fourth-order valence-corrected chi connectivity index (χ4v) is 2.79. The number of carbonyl (C=O) groups is 4. The first-order valence-corrected chi connectivity index (χ1v) is 7.87. The Morgan fingerprint density at radius 2 is 1.88 bits per heavy atom. The number of rotatable bonds is 5. The van der Waals surface area contributed by atoms with E-state index in [9.17, 15) is 19.2 Å². The minimum Gasteiger partial charge on any atom is -0.465 e. The van der Waals surface area contributed by atoms with Crippen LogP contribution in [-0.2, 0) is 19.1 Å². The predicted octanol–water partition coefficient (Wildman–Crippen LogP) is 2.07. The monoisotopic (exact) mass is 349 g/mol. The number of ether oxygens (including phenoxy) is 2. The number of nitrogens with zero attached hydrogens (tertiary/aromatic N) is 1. The van der Waals surface area contributed by atoms with Crippen LogP contribution in [0.1, 0.15) is 22.8 Å². The van der Waals surface area contributed by atoms with Crippen LogP contribution in [0.25, 0.3) is 6.08 Å². The van der Waals surface area contributed by atoms with Crippen molar-refractivity contribution in [3.8, 4) is 0 Å². The van der Waals surface area contributed by atoms with E-state index in [1.807, 2.05) is 0 Å². The number of hydrogen-bond donors (Lipinski definition) is 0. The summed E-state index contributed by atoms with van der Waals surface area (Å²) < 4.78 is 9.35. The third-order valence-electron chi connectivity index (χ3n) is 3.10. The highest BCUT2D eigenvalue weighted by molar-refractivity contribution is 8.18. The third kappa shape index (κ3) is 4.02. The van der Waals surface area contributed by atoms with Gasteiger partial charge in [-0.1, -0.05) is 12.1 Å². The van der Waals surface area contributed by atoms with Gasteiger partial charge in [-0.2, -0.15) is 0 Å². The molecule has 1 heterocycles. The second-order valence-electron chi connectivity index (χ2n) is 4.69. The number of methoxy groups -OCH3 is 1. The summed E-state index contributed by atoms with van der Waals surface area (Å²) in [5, 5.41) is -0.523. The number of benzene rings is 1. The summed E-state index contributed by atoms with van der Waals surface area (Å²) in [7, 11) is 1.29. The van der Waals surface area contributed by atoms with E-state index in [-0.39, 0.29) is 11.5 Å². The molecule has 2 amide bonds. The Kier molecular flexibility index (Phi) is 5.75. The van der Waals surface area contributed by atoms with Gasteiger partial charge in [0.1, 0.15) is 6.54 Å². The quantitative estimate of drug-likeness (QED) is 0.594. The first-order valence-electron chi connectivity index (χ1n) is 7.05. The van der Waals surface area contributed by atoms with Gasteiger partial charge < -0.3 is 9.47 Å². The lowest BCUT2D eigenvalue weighted by atomic mass is 10.1. The molecule has 7 nitrogen and oxygen atoms in total. The van der Waals surface area contributed by atoms with E-state index in [1.165, 1.54) is 13.2 Å². The van der Waals surface area contributed by atoms with Crippen LogP contribution in [0.15, 0.2) is 29.2 Å².